The predicted octanol–water partition coefficient (Wildman–Crippen LogP) is 4.95. The van der Waals surface area contributed by atoms with Crippen molar-refractivity contribution in [1.82, 2.24) is 4.57 Å². The monoisotopic (exact) mass is 469 g/mol. The van der Waals surface area contributed by atoms with Crippen LogP contribution in [0, 0.1) is 6.92 Å². The molecule has 0 saturated carbocycles. The Morgan fingerprint density at radius 2 is 1.88 bits per heavy atom. The molecule has 1 aliphatic rings. The molecule has 0 radical (unpaired) electrons. The van der Waals surface area contributed by atoms with Crippen LogP contribution in [0.1, 0.15) is 30.4 Å². The summed E-state index contributed by atoms with van der Waals surface area (Å²) in [6, 6.07) is 16.8. The van der Waals surface area contributed by atoms with Crippen molar-refractivity contribution in [3.63, 3.8) is 0 Å². The molecule has 6 nitrogen and oxygen atoms in total. The zero-order chi connectivity index (χ0) is 23.2. The molecule has 1 unspecified atom stereocenters. The number of benzene rings is 2. The van der Waals surface area contributed by atoms with E-state index in [9.17, 15) is 9.90 Å². The van der Waals surface area contributed by atoms with Gasteiger partial charge in [0, 0.05) is 23.6 Å². The lowest BCUT2D eigenvalue weighted by molar-refractivity contribution is -0.109. The smallest absolute Gasteiger partial charge is 0.230 e. The number of aliphatic hydroxyl groups excluding tert-OH is 1. The molecular formula is C26H28ClNO5. The molecule has 174 valence electrons. The zero-order valence-electron chi connectivity index (χ0n) is 18.6. The second kappa shape index (κ2) is 10.9. The number of ether oxygens (including phenoxy) is 3. The SMILES string of the molecule is Cc1c(OC2CCCCO2)n(CCO)c(-c2ccc(Cl)cc2)c(OCc2ccccc2)c1=O. The summed E-state index contributed by atoms with van der Waals surface area (Å²) >= 11 is 6.12. The van der Waals surface area contributed by atoms with Crippen molar-refractivity contribution in [3.8, 4) is 22.9 Å². The van der Waals surface area contributed by atoms with E-state index in [4.69, 9.17) is 25.8 Å². The van der Waals surface area contributed by atoms with Crippen molar-refractivity contribution in [2.45, 2.75) is 45.6 Å². The summed E-state index contributed by atoms with van der Waals surface area (Å²) in [6.07, 6.45) is 2.30. The number of nitrogens with zero attached hydrogens (tertiary/aromatic N) is 1. The molecule has 1 aliphatic heterocycles. The van der Waals surface area contributed by atoms with Crippen LogP contribution in [-0.2, 0) is 17.9 Å². The van der Waals surface area contributed by atoms with Gasteiger partial charge in [0.25, 0.3) is 0 Å². The molecule has 0 spiro atoms. The van der Waals surface area contributed by atoms with Gasteiger partial charge in [-0.05, 0) is 37.5 Å². The van der Waals surface area contributed by atoms with Crippen LogP contribution in [0.15, 0.2) is 59.4 Å². The highest BCUT2D eigenvalue weighted by molar-refractivity contribution is 6.30. The summed E-state index contributed by atoms with van der Waals surface area (Å²) in [6.45, 7) is 2.67. The third-order valence-corrected chi connectivity index (χ3v) is 5.90. The summed E-state index contributed by atoms with van der Waals surface area (Å²) in [5, 5.41) is 10.5. The highest BCUT2D eigenvalue weighted by Crippen LogP contribution is 2.35. The highest BCUT2D eigenvalue weighted by Gasteiger charge is 2.26. The van der Waals surface area contributed by atoms with E-state index in [0.29, 0.717) is 28.8 Å². The van der Waals surface area contributed by atoms with Crippen molar-refractivity contribution in [2.24, 2.45) is 0 Å². The largest absolute Gasteiger partial charge is 0.483 e. The first kappa shape index (κ1) is 23.4. The number of hydrogen-bond acceptors (Lipinski definition) is 5. The van der Waals surface area contributed by atoms with Gasteiger partial charge in [0.05, 0.1) is 24.5 Å². The fourth-order valence-electron chi connectivity index (χ4n) is 3.95. The predicted molar refractivity (Wildman–Crippen MR) is 128 cm³/mol. The lowest BCUT2D eigenvalue weighted by Crippen LogP contribution is -2.29. The standard InChI is InChI=1S/C26H28ClNO5/c1-18-24(30)25(32-17-19-7-3-2-4-8-19)23(20-10-12-21(27)13-11-20)28(14-15-29)26(18)33-22-9-5-6-16-31-22/h2-4,7-8,10-13,22,29H,5-6,9,14-17H2,1H3. The fraction of sp³-hybridized carbons (Fsp3) is 0.346. The van der Waals surface area contributed by atoms with Crippen LogP contribution in [0.5, 0.6) is 11.6 Å². The van der Waals surface area contributed by atoms with Crippen molar-refractivity contribution in [2.75, 3.05) is 13.2 Å². The quantitative estimate of drug-likeness (QED) is 0.505. The second-order valence-corrected chi connectivity index (χ2v) is 8.44. The van der Waals surface area contributed by atoms with E-state index in [1.807, 2.05) is 42.5 Å². The summed E-state index contributed by atoms with van der Waals surface area (Å²) in [5.41, 5.74) is 2.39. The Labute approximate surface area is 198 Å². The van der Waals surface area contributed by atoms with Crippen LogP contribution in [0.3, 0.4) is 0 Å². The van der Waals surface area contributed by atoms with Crippen molar-refractivity contribution in [1.29, 1.82) is 0 Å². The summed E-state index contributed by atoms with van der Waals surface area (Å²) in [7, 11) is 0. The van der Waals surface area contributed by atoms with Gasteiger partial charge in [-0.25, -0.2) is 0 Å². The first-order chi connectivity index (χ1) is 16.1. The van der Waals surface area contributed by atoms with Crippen LogP contribution < -0.4 is 14.9 Å². The molecule has 1 atom stereocenters. The van der Waals surface area contributed by atoms with E-state index in [1.165, 1.54) is 0 Å². The van der Waals surface area contributed by atoms with E-state index in [0.717, 1.165) is 30.4 Å². The first-order valence-electron chi connectivity index (χ1n) is 11.2. The van der Waals surface area contributed by atoms with Crippen LogP contribution in [0.2, 0.25) is 5.02 Å². The lowest BCUT2D eigenvalue weighted by atomic mass is 10.1. The van der Waals surface area contributed by atoms with Gasteiger partial charge in [0.1, 0.15) is 6.61 Å². The maximum atomic E-state index is 13.5. The van der Waals surface area contributed by atoms with E-state index >= 15 is 0 Å². The Kier molecular flexibility index (Phi) is 7.70. The molecule has 0 bridgehead atoms. The zero-order valence-corrected chi connectivity index (χ0v) is 19.4. The molecule has 7 heteroatoms. The Hall–Kier alpha value is -2.80. The number of rotatable bonds is 8. The molecule has 2 aromatic carbocycles. The highest BCUT2D eigenvalue weighted by atomic mass is 35.5. The van der Waals surface area contributed by atoms with Crippen molar-refractivity contribution < 1.29 is 19.3 Å². The van der Waals surface area contributed by atoms with Gasteiger partial charge in [0.2, 0.25) is 17.6 Å². The van der Waals surface area contributed by atoms with Crippen LogP contribution in [0.25, 0.3) is 11.3 Å². The minimum absolute atomic E-state index is 0.136. The van der Waals surface area contributed by atoms with Crippen LogP contribution in [-0.4, -0.2) is 29.2 Å². The number of halogens is 1. The maximum Gasteiger partial charge on any atom is 0.230 e. The molecule has 3 aromatic rings. The third-order valence-electron chi connectivity index (χ3n) is 5.65. The average molecular weight is 470 g/mol. The molecule has 2 heterocycles. The summed E-state index contributed by atoms with van der Waals surface area (Å²) < 4.78 is 19.9. The van der Waals surface area contributed by atoms with Crippen molar-refractivity contribution in [3.05, 3.63) is 81.0 Å². The second-order valence-electron chi connectivity index (χ2n) is 8.01. The molecule has 33 heavy (non-hydrogen) atoms. The normalized spacial score (nSPS) is 15.9. The van der Waals surface area contributed by atoms with Gasteiger partial charge in [-0.2, -0.15) is 0 Å². The number of pyridine rings is 1. The topological polar surface area (TPSA) is 69.9 Å². The Morgan fingerprint density at radius 3 is 2.55 bits per heavy atom. The van der Waals surface area contributed by atoms with Crippen LogP contribution >= 0.6 is 11.6 Å². The van der Waals surface area contributed by atoms with Crippen LogP contribution in [0.4, 0.5) is 0 Å². The Morgan fingerprint density at radius 1 is 1.12 bits per heavy atom. The van der Waals surface area contributed by atoms with E-state index < -0.39 is 6.29 Å². The Bertz CT molecular complexity index is 1120. The lowest BCUT2D eigenvalue weighted by Gasteiger charge is -2.28. The van der Waals surface area contributed by atoms with Gasteiger partial charge in [-0.15, -0.1) is 0 Å². The van der Waals surface area contributed by atoms with Gasteiger partial charge in [-0.3, -0.25) is 4.79 Å². The minimum atomic E-state index is -0.434. The third kappa shape index (κ3) is 5.41. The van der Waals surface area contributed by atoms with E-state index in [1.54, 1.807) is 23.6 Å². The molecule has 1 aromatic heterocycles. The number of aliphatic hydroxyl groups is 1. The number of aromatic nitrogens is 1. The van der Waals surface area contributed by atoms with E-state index in [2.05, 4.69) is 0 Å². The molecular weight excluding hydrogens is 442 g/mol. The van der Waals surface area contributed by atoms with Crippen molar-refractivity contribution >= 4 is 11.6 Å². The van der Waals surface area contributed by atoms with E-state index in [-0.39, 0.29) is 30.9 Å². The van der Waals surface area contributed by atoms with Gasteiger partial charge < -0.3 is 23.9 Å². The minimum Gasteiger partial charge on any atom is -0.483 e. The molecule has 0 aliphatic carbocycles. The van der Waals surface area contributed by atoms with Gasteiger partial charge in [0.15, 0.2) is 5.75 Å². The van der Waals surface area contributed by atoms with Gasteiger partial charge >= 0.3 is 0 Å². The summed E-state index contributed by atoms with van der Waals surface area (Å²) in [5.74, 6) is 0.599. The first-order valence-corrected chi connectivity index (χ1v) is 11.6. The molecule has 1 fully saturated rings. The summed E-state index contributed by atoms with van der Waals surface area (Å²) in [4.78, 5) is 13.5. The average Bonchev–Trinajstić information content (AvgIpc) is 2.85. The molecule has 1 saturated heterocycles. The Balaban J connectivity index is 1.85. The van der Waals surface area contributed by atoms with Gasteiger partial charge in [-0.1, -0.05) is 54.1 Å². The fourth-order valence-corrected chi connectivity index (χ4v) is 4.08. The maximum absolute atomic E-state index is 13.5. The molecule has 0 amide bonds. The molecule has 1 N–H and O–H groups in total. The molecule has 4 rings (SSSR count). The number of hydrogen-bond donors (Lipinski definition) is 1.